The molecule has 1 amide bonds. The molecule has 1 aliphatic rings. The molecule has 3 N–H and O–H groups in total. The van der Waals surface area contributed by atoms with Crippen molar-refractivity contribution in [3.8, 4) is 5.88 Å². The highest BCUT2D eigenvalue weighted by Crippen LogP contribution is 2.32. The summed E-state index contributed by atoms with van der Waals surface area (Å²) in [5, 5.41) is 9.37. The van der Waals surface area contributed by atoms with E-state index in [9.17, 15) is 14.7 Å². The minimum absolute atomic E-state index is 0.203. The van der Waals surface area contributed by atoms with Crippen molar-refractivity contribution in [3.05, 3.63) is 23.9 Å². The first-order chi connectivity index (χ1) is 9.03. The minimum atomic E-state index is -1.19. The van der Waals surface area contributed by atoms with Crippen molar-refractivity contribution in [2.24, 2.45) is 5.73 Å². The quantitative estimate of drug-likeness (QED) is 0.854. The fourth-order valence-electron chi connectivity index (χ4n) is 2.27. The number of rotatable bonds is 4. The lowest BCUT2D eigenvalue weighted by Crippen LogP contribution is -2.46. The fraction of sp³-hybridized carbons (Fsp3) is 0.462. The topological polar surface area (TPSA) is 103 Å². The van der Waals surface area contributed by atoms with Crippen molar-refractivity contribution in [1.29, 1.82) is 0 Å². The van der Waals surface area contributed by atoms with E-state index in [1.165, 1.54) is 18.3 Å². The summed E-state index contributed by atoms with van der Waals surface area (Å²) in [5.74, 6) is -1.34. The van der Waals surface area contributed by atoms with Crippen LogP contribution in [0.2, 0.25) is 0 Å². The van der Waals surface area contributed by atoms with Crippen molar-refractivity contribution >= 4 is 11.9 Å². The van der Waals surface area contributed by atoms with Gasteiger partial charge in [0.05, 0.1) is 5.56 Å². The number of aromatic nitrogens is 1. The zero-order valence-electron chi connectivity index (χ0n) is 10.5. The van der Waals surface area contributed by atoms with E-state index in [-0.39, 0.29) is 11.4 Å². The maximum Gasteiger partial charge on any atom is 0.348 e. The first-order valence-corrected chi connectivity index (χ1v) is 6.22. The van der Waals surface area contributed by atoms with Crippen molar-refractivity contribution in [1.82, 2.24) is 4.98 Å². The summed E-state index contributed by atoms with van der Waals surface area (Å²) in [6.07, 6.45) is 4.91. The summed E-state index contributed by atoms with van der Waals surface area (Å²) in [4.78, 5) is 26.3. The van der Waals surface area contributed by atoms with Gasteiger partial charge in [-0.05, 0) is 31.7 Å². The molecular weight excluding hydrogens is 248 g/mol. The molecule has 0 radical (unpaired) electrons. The molecule has 6 nitrogen and oxygen atoms in total. The number of carbonyl (C=O) groups is 2. The highest BCUT2D eigenvalue weighted by atomic mass is 16.5. The van der Waals surface area contributed by atoms with Crippen LogP contribution >= 0.6 is 0 Å². The van der Waals surface area contributed by atoms with E-state index in [2.05, 4.69) is 4.98 Å². The molecule has 1 aliphatic carbocycles. The average Bonchev–Trinajstić information content (AvgIpc) is 2.40. The Kier molecular flexibility index (Phi) is 3.69. The van der Waals surface area contributed by atoms with E-state index in [1.807, 2.05) is 0 Å². The molecule has 0 atom stereocenters. The van der Waals surface area contributed by atoms with Gasteiger partial charge in [0.1, 0.15) is 0 Å². The smallest absolute Gasteiger partial charge is 0.348 e. The third-order valence-corrected chi connectivity index (χ3v) is 3.37. The van der Waals surface area contributed by atoms with Gasteiger partial charge in [-0.15, -0.1) is 0 Å². The molecule has 102 valence electrons. The SMILES string of the molecule is NC(=O)c1ccc(OC2(C(=O)O)CCCCC2)nc1. The summed E-state index contributed by atoms with van der Waals surface area (Å²) in [6.45, 7) is 0. The lowest BCUT2D eigenvalue weighted by Gasteiger charge is -2.33. The van der Waals surface area contributed by atoms with Crippen LogP contribution in [0, 0.1) is 0 Å². The summed E-state index contributed by atoms with van der Waals surface area (Å²) >= 11 is 0. The number of hydrogen-bond acceptors (Lipinski definition) is 4. The maximum atomic E-state index is 11.4. The van der Waals surface area contributed by atoms with Gasteiger partial charge < -0.3 is 15.6 Å². The zero-order valence-corrected chi connectivity index (χ0v) is 10.5. The Morgan fingerprint density at radius 2 is 1.95 bits per heavy atom. The van der Waals surface area contributed by atoms with E-state index in [0.717, 1.165) is 19.3 Å². The predicted octanol–water partition coefficient (Wildman–Crippen LogP) is 1.35. The Morgan fingerprint density at radius 1 is 1.26 bits per heavy atom. The molecule has 1 saturated carbocycles. The predicted molar refractivity (Wildman–Crippen MR) is 66.8 cm³/mol. The number of carboxylic acids is 1. The number of aliphatic carboxylic acids is 1. The number of carbonyl (C=O) groups excluding carboxylic acids is 1. The minimum Gasteiger partial charge on any atom is -0.478 e. The van der Waals surface area contributed by atoms with Crippen LogP contribution in [0.5, 0.6) is 5.88 Å². The molecule has 1 fully saturated rings. The lowest BCUT2D eigenvalue weighted by molar-refractivity contribution is -0.158. The van der Waals surface area contributed by atoms with Gasteiger partial charge in [-0.3, -0.25) is 4.79 Å². The van der Waals surface area contributed by atoms with Gasteiger partial charge >= 0.3 is 5.97 Å². The van der Waals surface area contributed by atoms with Crippen LogP contribution in [0.25, 0.3) is 0 Å². The van der Waals surface area contributed by atoms with Crippen LogP contribution < -0.4 is 10.5 Å². The van der Waals surface area contributed by atoms with Gasteiger partial charge in [-0.25, -0.2) is 9.78 Å². The molecule has 0 spiro atoms. The van der Waals surface area contributed by atoms with Gasteiger partial charge in [-0.2, -0.15) is 0 Å². The molecule has 0 unspecified atom stereocenters. The van der Waals surface area contributed by atoms with E-state index in [0.29, 0.717) is 12.8 Å². The monoisotopic (exact) mass is 264 g/mol. The number of amides is 1. The Hall–Kier alpha value is -2.11. The molecule has 2 rings (SSSR count). The standard InChI is InChI=1S/C13H16N2O4/c14-11(16)9-4-5-10(15-8-9)19-13(12(17)18)6-2-1-3-7-13/h4-5,8H,1-3,6-7H2,(H2,14,16)(H,17,18). The number of ether oxygens (including phenoxy) is 1. The van der Waals surface area contributed by atoms with Gasteiger partial charge in [0, 0.05) is 12.3 Å². The summed E-state index contributed by atoms with van der Waals surface area (Å²) < 4.78 is 5.58. The Labute approximate surface area is 110 Å². The second-order valence-corrected chi connectivity index (χ2v) is 4.71. The van der Waals surface area contributed by atoms with Gasteiger partial charge in [0.2, 0.25) is 17.4 Å². The lowest BCUT2D eigenvalue weighted by atomic mass is 9.84. The Morgan fingerprint density at radius 3 is 2.42 bits per heavy atom. The third kappa shape index (κ3) is 2.83. The van der Waals surface area contributed by atoms with Crippen molar-refractivity contribution in [2.45, 2.75) is 37.7 Å². The molecule has 6 heteroatoms. The Bertz CT molecular complexity index is 478. The number of nitrogens with zero attached hydrogens (tertiary/aromatic N) is 1. The molecule has 19 heavy (non-hydrogen) atoms. The van der Waals surface area contributed by atoms with Crippen LogP contribution in [0.4, 0.5) is 0 Å². The molecule has 0 bridgehead atoms. The second-order valence-electron chi connectivity index (χ2n) is 4.71. The highest BCUT2D eigenvalue weighted by molar-refractivity contribution is 5.92. The summed E-state index contributed by atoms with van der Waals surface area (Å²) in [6, 6.07) is 2.95. The molecule has 0 aromatic carbocycles. The number of carboxylic acid groups (broad SMARTS) is 1. The average molecular weight is 264 g/mol. The van der Waals surface area contributed by atoms with Crippen LogP contribution in [-0.2, 0) is 4.79 Å². The van der Waals surface area contributed by atoms with E-state index >= 15 is 0 Å². The van der Waals surface area contributed by atoms with Crippen LogP contribution in [0.15, 0.2) is 18.3 Å². The number of hydrogen-bond donors (Lipinski definition) is 2. The van der Waals surface area contributed by atoms with Crippen LogP contribution in [-0.4, -0.2) is 27.6 Å². The number of pyridine rings is 1. The number of nitrogens with two attached hydrogens (primary N) is 1. The van der Waals surface area contributed by atoms with Gasteiger partial charge in [-0.1, -0.05) is 6.42 Å². The van der Waals surface area contributed by atoms with E-state index in [1.54, 1.807) is 0 Å². The molecule has 0 aliphatic heterocycles. The van der Waals surface area contributed by atoms with Crippen LogP contribution in [0.3, 0.4) is 0 Å². The van der Waals surface area contributed by atoms with Gasteiger partial charge in [0.15, 0.2) is 0 Å². The molecule has 1 heterocycles. The van der Waals surface area contributed by atoms with Crippen molar-refractivity contribution in [3.63, 3.8) is 0 Å². The first-order valence-electron chi connectivity index (χ1n) is 6.22. The fourth-order valence-corrected chi connectivity index (χ4v) is 2.27. The summed E-state index contributed by atoms with van der Waals surface area (Å²) in [5.41, 5.74) is 4.18. The van der Waals surface area contributed by atoms with Gasteiger partial charge in [0.25, 0.3) is 0 Å². The van der Waals surface area contributed by atoms with Crippen LogP contribution in [0.1, 0.15) is 42.5 Å². The second kappa shape index (κ2) is 5.26. The molecule has 0 saturated heterocycles. The van der Waals surface area contributed by atoms with Crippen molar-refractivity contribution in [2.75, 3.05) is 0 Å². The molecule has 1 aromatic rings. The van der Waals surface area contributed by atoms with E-state index < -0.39 is 17.5 Å². The zero-order chi connectivity index (χ0) is 13.9. The Balaban J connectivity index is 2.17. The normalized spacial score (nSPS) is 17.7. The first kappa shape index (κ1) is 13.3. The van der Waals surface area contributed by atoms with E-state index in [4.69, 9.17) is 10.5 Å². The van der Waals surface area contributed by atoms with Crippen molar-refractivity contribution < 1.29 is 19.4 Å². The molecular formula is C13H16N2O4. The summed E-state index contributed by atoms with van der Waals surface area (Å²) in [7, 11) is 0. The highest BCUT2D eigenvalue weighted by Gasteiger charge is 2.42. The number of primary amides is 1. The largest absolute Gasteiger partial charge is 0.478 e. The molecule has 1 aromatic heterocycles. The third-order valence-electron chi connectivity index (χ3n) is 3.37. The maximum absolute atomic E-state index is 11.4.